The van der Waals surface area contributed by atoms with E-state index in [1.807, 2.05) is 0 Å². The molecular formula is C11H16N4O5. The SMILES string of the molecule is CCN(CC(C)C(=O)O)c1ncnc(OC)c1[N+](=O)[O-]. The number of nitrogens with zero attached hydrogens (tertiary/aromatic N) is 4. The molecule has 0 radical (unpaired) electrons. The van der Waals surface area contributed by atoms with Crippen LogP contribution in [0.5, 0.6) is 5.88 Å². The van der Waals surface area contributed by atoms with Crippen LogP contribution in [0.3, 0.4) is 0 Å². The molecule has 1 heterocycles. The lowest BCUT2D eigenvalue weighted by molar-refractivity contribution is -0.385. The van der Waals surface area contributed by atoms with Crippen LogP contribution in [0.4, 0.5) is 11.5 Å². The molecular weight excluding hydrogens is 268 g/mol. The fraction of sp³-hybridized carbons (Fsp3) is 0.545. The number of aliphatic carboxylic acids is 1. The molecule has 0 fully saturated rings. The van der Waals surface area contributed by atoms with E-state index in [0.29, 0.717) is 6.54 Å². The van der Waals surface area contributed by atoms with E-state index in [4.69, 9.17) is 9.84 Å². The summed E-state index contributed by atoms with van der Waals surface area (Å²) < 4.78 is 4.86. The van der Waals surface area contributed by atoms with Crippen molar-refractivity contribution in [3.05, 3.63) is 16.4 Å². The molecule has 0 spiro atoms. The average molecular weight is 284 g/mol. The lowest BCUT2D eigenvalue weighted by atomic mass is 10.1. The van der Waals surface area contributed by atoms with E-state index in [0.717, 1.165) is 6.33 Å². The highest BCUT2D eigenvalue weighted by Crippen LogP contribution is 2.33. The number of nitro groups is 1. The zero-order chi connectivity index (χ0) is 15.3. The first-order valence-corrected chi connectivity index (χ1v) is 5.93. The van der Waals surface area contributed by atoms with Crippen molar-refractivity contribution in [1.29, 1.82) is 0 Å². The molecule has 1 aromatic heterocycles. The zero-order valence-corrected chi connectivity index (χ0v) is 11.4. The van der Waals surface area contributed by atoms with Gasteiger partial charge in [-0.25, -0.2) is 4.98 Å². The number of aromatic nitrogens is 2. The smallest absolute Gasteiger partial charge is 0.372 e. The molecule has 110 valence electrons. The first kappa shape index (κ1) is 15.6. The molecule has 1 aromatic rings. The Bertz CT molecular complexity index is 508. The number of ether oxygens (including phenoxy) is 1. The molecule has 1 unspecified atom stereocenters. The van der Waals surface area contributed by atoms with Gasteiger partial charge < -0.3 is 14.7 Å². The van der Waals surface area contributed by atoms with Gasteiger partial charge in [-0.1, -0.05) is 6.92 Å². The molecule has 1 N–H and O–H groups in total. The lowest BCUT2D eigenvalue weighted by Crippen LogP contribution is -2.33. The van der Waals surface area contributed by atoms with E-state index < -0.39 is 16.8 Å². The van der Waals surface area contributed by atoms with E-state index in [1.54, 1.807) is 6.92 Å². The van der Waals surface area contributed by atoms with Crippen molar-refractivity contribution >= 4 is 17.5 Å². The third-order valence-corrected chi connectivity index (χ3v) is 2.74. The normalized spacial score (nSPS) is 11.8. The van der Waals surface area contributed by atoms with Gasteiger partial charge in [-0.15, -0.1) is 0 Å². The minimum absolute atomic E-state index is 0.0532. The molecule has 0 aliphatic carbocycles. The summed E-state index contributed by atoms with van der Waals surface area (Å²) in [4.78, 5) is 30.5. The van der Waals surface area contributed by atoms with Crippen molar-refractivity contribution < 1.29 is 19.6 Å². The maximum Gasteiger partial charge on any atom is 0.372 e. The van der Waals surface area contributed by atoms with Crippen LogP contribution < -0.4 is 9.64 Å². The number of hydrogen-bond donors (Lipinski definition) is 1. The van der Waals surface area contributed by atoms with Crippen LogP contribution in [-0.2, 0) is 4.79 Å². The van der Waals surface area contributed by atoms with Gasteiger partial charge in [-0.05, 0) is 6.92 Å². The molecule has 0 bridgehead atoms. The lowest BCUT2D eigenvalue weighted by Gasteiger charge is -2.23. The molecule has 0 amide bonds. The molecule has 0 aromatic carbocycles. The second-order valence-corrected chi connectivity index (χ2v) is 4.09. The fourth-order valence-corrected chi connectivity index (χ4v) is 1.67. The Morgan fingerprint density at radius 1 is 1.60 bits per heavy atom. The van der Waals surface area contributed by atoms with Gasteiger partial charge in [0.15, 0.2) is 0 Å². The number of anilines is 1. The minimum atomic E-state index is -0.980. The van der Waals surface area contributed by atoms with Gasteiger partial charge in [0.05, 0.1) is 18.0 Å². The Hall–Kier alpha value is -2.45. The van der Waals surface area contributed by atoms with Crippen LogP contribution in [0.15, 0.2) is 6.33 Å². The number of hydrogen-bond acceptors (Lipinski definition) is 7. The Labute approximate surface area is 115 Å². The van der Waals surface area contributed by atoms with E-state index in [2.05, 4.69) is 9.97 Å². The molecule has 0 aliphatic heterocycles. The van der Waals surface area contributed by atoms with Gasteiger partial charge in [0.1, 0.15) is 6.33 Å². The maximum atomic E-state index is 11.1. The van der Waals surface area contributed by atoms with Crippen LogP contribution in [-0.4, -0.2) is 46.2 Å². The second-order valence-electron chi connectivity index (χ2n) is 4.09. The van der Waals surface area contributed by atoms with Gasteiger partial charge in [-0.2, -0.15) is 4.98 Å². The summed E-state index contributed by atoms with van der Waals surface area (Å²) >= 11 is 0. The second kappa shape index (κ2) is 6.64. The third kappa shape index (κ3) is 3.31. The van der Waals surface area contributed by atoms with Crippen LogP contribution in [0.1, 0.15) is 13.8 Å². The van der Waals surface area contributed by atoms with E-state index in [1.165, 1.54) is 18.9 Å². The van der Waals surface area contributed by atoms with Gasteiger partial charge in [0.2, 0.25) is 5.82 Å². The van der Waals surface area contributed by atoms with Crippen molar-refractivity contribution in [1.82, 2.24) is 9.97 Å². The predicted octanol–water partition coefficient (Wildman–Crippen LogP) is 0.940. The molecule has 9 heteroatoms. The summed E-state index contributed by atoms with van der Waals surface area (Å²) in [6, 6.07) is 0. The van der Waals surface area contributed by atoms with Crippen molar-refractivity contribution in [2.24, 2.45) is 5.92 Å². The maximum absolute atomic E-state index is 11.1. The number of methoxy groups -OCH3 is 1. The number of carboxylic acid groups (broad SMARTS) is 1. The number of carbonyl (C=O) groups is 1. The van der Waals surface area contributed by atoms with Crippen LogP contribution in [0.2, 0.25) is 0 Å². The van der Waals surface area contributed by atoms with Gasteiger partial charge in [0, 0.05) is 13.1 Å². The van der Waals surface area contributed by atoms with E-state index in [9.17, 15) is 14.9 Å². The average Bonchev–Trinajstić information content (AvgIpc) is 2.43. The summed E-state index contributed by atoms with van der Waals surface area (Å²) in [5, 5.41) is 20.1. The van der Waals surface area contributed by atoms with Crippen LogP contribution in [0.25, 0.3) is 0 Å². The molecule has 1 atom stereocenters. The molecule has 0 aliphatic rings. The Balaban J connectivity index is 3.21. The third-order valence-electron chi connectivity index (χ3n) is 2.74. The number of carboxylic acids is 1. The van der Waals surface area contributed by atoms with Crippen LogP contribution >= 0.6 is 0 Å². The summed E-state index contributed by atoms with van der Waals surface area (Å²) in [7, 11) is 1.27. The summed E-state index contributed by atoms with van der Waals surface area (Å²) in [5.74, 6) is -1.76. The summed E-state index contributed by atoms with van der Waals surface area (Å²) in [6.45, 7) is 3.76. The van der Waals surface area contributed by atoms with Gasteiger partial charge in [-0.3, -0.25) is 14.9 Å². The van der Waals surface area contributed by atoms with Crippen molar-refractivity contribution in [2.75, 3.05) is 25.1 Å². The first-order valence-electron chi connectivity index (χ1n) is 5.93. The largest absolute Gasteiger partial charge is 0.481 e. The Kier molecular flexibility index (Phi) is 5.18. The van der Waals surface area contributed by atoms with Crippen molar-refractivity contribution in [3.63, 3.8) is 0 Å². The topological polar surface area (TPSA) is 119 Å². The standard InChI is InChI=1S/C11H16N4O5/c1-4-14(5-7(2)11(16)17)9-8(15(18)19)10(20-3)13-6-12-9/h6-7H,4-5H2,1-3H3,(H,16,17). The Morgan fingerprint density at radius 2 is 2.25 bits per heavy atom. The monoisotopic (exact) mass is 284 g/mol. The summed E-state index contributed by atoms with van der Waals surface area (Å²) in [5.41, 5.74) is -0.366. The van der Waals surface area contributed by atoms with E-state index >= 15 is 0 Å². The quantitative estimate of drug-likeness (QED) is 0.580. The number of rotatable bonds is 7. The molecule has 0 saturated heterocycles. The molecule has 1 rings (SSSR count). The zero-order valence-electron chi connectivity index (χ0n) is 11.4. The minimum Gasteiger partial charge on any atom is -0.481 e. The van der Waals surface area contributed by atoms with Crippen molar-refractivity contribution in [3.8, 4) is 5.88 Å². The molecule has 9 nitrogen and oxygen atoms in total. The van der Waals surface area contributed by atoms with Gasteiger partial charge in [0.25, 0.3) is 5.88 Å². The fourth-order valence-electron chi connectivity index (χ4n) is 1.67. The van der Waals surface area contributed by atoms with E-state index in [-0.39, 0.29) is 23.9 Å². The summed E-state index contributed by atoms with van der Waals surface area (Å²) in [6.07, 6.45) is 1.15. The van der Waals surface area contributed by atoms with Crippen LogP contribution in [0, 0.1) is 16.0 Å². The highest BCUT2D eigenvalue weighted by molar-refractivity contribution is 5.71. The molecule has 20 heavy (non-hydrogen) atoms. The Morgan fingerprint density at radius 3 is 2.70 bits per heavy atom. The predicted molar refractivity (Wildman–Crippen MR) is 69.9 cm³/mol. The highest BCUT2D eigenvalue weighted by atomic mass is 16.6. The highest BCUT2D eigenvalue weighted by Gasteiger charge is 2.28. The first-order chi connectivity index (χ1) is 9.42. The van der Waals surface area contributed by atoms with Crippen molar-refractivity contribution in [2.45, 2.75) is 13.8 Å². The molecule has 0 saturated carbocycles. The van der Waals surface area contributed by atoms with Gasteiger partial charge >= 0.3 is 11.7 Å².